The van der Waals surface area contributed by atoms with Gasteiger partial charge in [0.25, 0.3) is 0 Å². The lowest BCUT2D eigenvalue weighted by molar-refractivity contribution is 0.346. The fraction of sp³-hybridized carbons (Fsp3) is 1.00. The third kappa shape index (κ3) is 4.84. The Morgan fingerprint density at radius 2 is 2.06 bits per heavy atom. The Bertz CT molecular complexity index is 182. The smallest absolute Gasteiger partial charge is 0.00670 e. The van der Waals surface area contributed by atoms with E-state index in [-0.39, 0.29) is 0 Å². The van der Waals surface area contributed by atoms with Crippen LogP contribution in [-0.4, -0.2) is 37.6 Å². The maximum absolute atomic E-state index is 3.77. The first-order chi connectivity index (χ1) is 7.65. The van der Waals surface area contributed by atoms with Crippen LogP contribution in [-0.2, 0) is 0 Å². The summed E-state index contributed by atoms with van der Waals surface area (Å²) in [6.07, 6.45) is 5.30. The number of hydrogen-bond donors (Lipinski definition) is 1. The Morgan fingerprint density at radius 3 is 2.56 bits per heavy atom. The molecule has 0 aromatic carbocycles. The highest BCUT2D eigenvalue weighted by Gasteiger charge is 2.20. The summed E-state index contributed by atoms with van der Waals surface area (Å²) in [6, 6.07) is 0.737. The second-order valence-electron chi connectivity index (χ2n) is 5.68. The molecule has 1 aliphatic rings. The van der Waals surface area contributed by atoms with Crippen LogP contribution in [0.4, 0.5) is 0 Å². The van der Waals surface area contributed by atoms with Gasteiger partial charge in [0.15, 0.2) is 0 Å². The van der Waals surface area contributed by atoms with E-state index in [9.17, 15) is 0 Å². The molecule has 0 amide bonds. The quantitative estimate of drug-likeness (QED) is 0.718. The highest BCUT2D eigenvalue weighted by Crippen LogP contribution is 2.15. The molecule has 2 nitrogen and oxygen atoms in total. The summed E-state index contributed by atoms with van der Waals surface area (Å²) in [7, 11) is 2.23. The summed E-state index contributed by atoms with van der Waals surface area (Å²) < 4.78 is 0. The monoisotopic (exact) mass is 226 g/mol. The summed E-state index contributed by atoms with van der Waals surface area (Å²) in [6.45, 7) is 10.8. The molecule has 1 aliphatic heterocycles. The van der Waals surface area contributed by atoms with Gasteiger partial charge in [0.05, 0.1) is 0 Å². The standard InChI is InChI=1S/C14H30N2/c1-5-12(3)9-14(6-2)15-10-13-7-8-16(4)11-13/h12-15H,5-11H2,1-4H3. The zero-order chi connectivity index (χ0) is 12.0. The lowest BCUT2D eigenvalue weighted by Crippen LogP contribution is -2.35. The summed E-state index contributed by atoms with van der Waals surface area (Å²) in [5, 5.41) is 3.77. The molecule has 1 fully saturated rings. The van der Waals surface area contributed by atoms with Crippen molar-refractivity contribution < 1.29 is 0 Å². The second-order valence-corrected chi connectivity index (χ2v) is 5.68. The van der Waals surface area contributed by atoms with Crippen molar-refractivity contribution >= 4 is 0 Å². The molecule has 3 atom stereocenters. The van der Waals surface area contributed by atoms with Gasteiger partial charge in [-0.25, -0.2) is 0 Å². The maximum atomic E-state index is 3.77. The highest BCUT2D eigenvalue weighted by molar-refractivity contribution is 4.77. The van der Waals surface area contributed by atoms with Gasteiger partial charge < -0.3 is 10.2 Å². The van der Waals surface area contributed by atoms with Gasteiger partial charge in [0.1, 0.15) is 0 Å². The Kier molecular flexibility index (Phi) is 6.37. The van der Waals surface area contributed by atoms with E-state index in [2.05, 4.69) is 38.0 Å². The highest BCUT2D eigenvalue weighted by atomic mass is 15.1. The van der Waals surface area contributed by atoms with Gasteiger partial charge in [-0.15, -0.1) is 0 Å². The number of hydrogen-bond acceptors (Lipinski definition) is 2. The molecule has 1 saturated heterocycles. The van der Waals surface area contributed by atoms with Gasteiger partial charge >= 0.3 is 0 Å². The zero-order valence-corrected chi connectivity index (χ0v) is 11.6. The second kappa shape index (κ2) is 7.29. The molecular weight excluding hydrogens is 196 g/mol. The predicted molar refractivity (Wildman–Crippen MR) is 71.8 cm³/mol. The van der Waals surface area contributed by atoms with Gasteiger partial charge in [-0.3, -0.25) is 0 Å². The van der Waals surface area contributed by atoms with Crippen LogP contribution in [0.5, 0.6) is 0 Å². The molecule has 1 N–H and O–H groups in total. The first-order valence-electron chi connectivity index (χ1n) is 7.07. The average molecular weight is 226 g/mol. The molecule has 0 aromatic heterocycles. The third-order valence-corrected chi connectivity index (χ3v) is 4.06. The van der Waals surface area contributed by atoms with E-state index in [1.807, 2.05) is 0 Å². The van der Waals surface area contributed by atoms with Crippen molar-refractivity contribution in [2.45, 2.75) is 52.5 Å². The topological polar surface area (TPSA) is 15.3 Å². The minimum absolute atomic E-state index is 0.737. The molecule has 96 valence electrons. The molecule has 2 heteroatoms. The van der Waals surface area contributed by atoms with E-state index in [4.69, 9.17) is 0 Å². The molecule has 1 heterocycles. The van der Waals surface area contributed by atoms with E-state index in [0.29, 0.717) is 0 Å². The third-order valence-electron chi connectivity index (χ3n) is 4.06. The van der Waals surface area contributed by atoms with Crippen LogP contribution in [0.3, 0.4) is 0 Å². The van der Waals surface area contributed by atoms with Gasteiger partial charge in [-0.05, 0) is 51.2 Å². The van der Waals surface area contributed by atoms with E-state index in [0.717, 1.165) is 17.9 Å². The van der Waals surface area contributed by atoms with Gasteiger partial charge in [0, 0.05) is 12.6 Å². The Balaban J connectivity index is 2.18. The Hall–Kier alpha value is -0.0800. The molecule has 0 spiro atoms. The van der Waals surface area contributed by atoms with Crippen LogP contribution >= 0.6 is 0 Å². The molecule has 16 heavy (non-hydrogen) atoms. The van der Waals surface area contributed by atoms with Crippen molar-refractivity contribution in [2.24, 2.45) is 11.8 Å². The average Bonchev–Trinajstić information content (AvgIpc) is 2.69. The molecule has 0 radical (unpaired) electrons. The molecule has 1 rings (SSSR count). The number of nitrogens with one attached hydrogen (secondary N) is 1. The summed E-state index contributed by atoms with van der Waals surface area (Å²) >= 11 is 0. The van der Waals surface area contributed by atoms with Crippen LogP contribution in [0.25, 0.3) is 0 Å². The molecule has 0 bridgehead atoms. The van der Waals surface area contributed by atoms with Crippen LogP contribution < -0.4 is 5.32 Å². The number of likely N-dealkylation sites (tertiary alicyclic amines) is 1. The van der Waals surface area contributed by atoms with E-state index >= 15 is 0 Å². The van der Waals surface area contributed by atoms with Gasteiger partial charge in [0.2, 0.25) is 0 Å². The van der Waals surface area contributed by atoms with Crippen molar-refractivity contribution in [1.29, 1.82) is 0 Å². The summed E-state index contributed by atoms with van der Waals surface area (Å²) in [4.78, 5) is 2.45. The SMILES string of the molecule is CCC(C)CC(CC)NCC1CCN(C)C1. The van der Waals surface area contributed by atoms with Crippen LogP contribution in [0.15, 0.2) is 0 Å². The molecular formula is C14H30N2. The van der Waals surface area contributed by atoms with E-state index in [1.165, 1.54) is 45.3 Å². The Labute approximate surface area is 102 Å². The summed E-state index contributed by atoms with van der Waals surface area (Å²) in [5.74, 6) is 1.75. The van der Waals surface area contributed by atoms with Crippen LogP contribution in [0, 0.1) is 11.8 Å². The van der Waals surface area contributed by atoms with Crippen molar-refractivity contribution in [3.05, 3.63) is 0 Å². The lowest BCUT2D eigenvalue weighted by Gasteiger charge is -2.22. The number of rotatable bonds is 7. The minimum Gasteiger partial charge on any atom is -0.314 e. The van der Waals surface area contributed by atoms with Crippen LogP contribution in [0.2, 0.25) is 0 Å². The van der Waals surface area contributed by atoms with Gasteiger partial charge in [-0.1, -0.05) is 27.2 Å². The largest absolute Gasteiger partial charge is 0.314 e. The van der Waals surface area contributed by atoms with Crippen molar-refractivity contribution in [1.82, 2.24) is 10.2 Å². The van der Waals surface area contributed by atoms with Gasteiger partial charge in [-0.2, -0.15) is 0 Å². The molecule has 0 aromatic rings. The first kappa shape index (κ1) is 14.0. The maximum Gasteiger partial charge on any atom is 0.00670 e. The van der Waals surface area contributed by atoms with E-state index in [1.54, 1.807) is 0 Å². The fourth-order valence-corrected chi connectivity index (χ4v) is 2.57. The summed E-state index contributed by atoms with van der Waals surface area (Å²) in [5.41, 5.74) is 0. The van der Waals surface area contributed by atoms with Crippen molar-refractivity contribution in [3.8, 4) is 0 Å². The zero-order valence-electron chi connectivity index (χ0n) is 11.6. The Morgan fingerprint density at radius 1 is 1.31 bits per heavy atom. The van der Waals surface area contributed by atoms with E-state index < -0.39 is 0 Å². The van der Waals surface area contributed by atoms with Crippen molar-refractivity contribution in [2.75, 3.05) is 26.7 Å². The molecule has 0 aliphatic carbocycles. The minimum atomic E-state index is 0.737. The lowest BCUT2D eigenvalue weighted by atomic mass is 9.97. The fourth-order valence-electron chi connectivity index (χ4n) is 2.57. The normalized spacial score (nSPS) is 25.9. The van der Waals surface area contributed by atoms with Crippen LogP contribution in [0.1, 0.15) is 46.5 Å². The molecule has 0 saturated carbocycles. The predicted octanol–water partition coefficient (Wildman–Crippen LogP) is 2.74. The first-order valence-corrected chi connectivity index (χ1v) is 7.07. The van der Waals surface area contributed by atoms with Crippen molar-refractivity contribution in [3.63, 3.8) is 0 Å². The molecule has 3 unspecified atom stereocenters. The number of nitrogens with zero attached hydrogens (tertiary/aromatic N) is 1.